The number of benzene rings is 1. The fraction of sp³-hybridized carbons (Fsp3) is 0.0625. The summed E-state index contributed by atoms with van der Waals surface area (Å²) in [4.78, 5) is 9.14. The number of nitrogens with zero attached hydrogens (tertiary/aromatic N) is 4. The van der Waals surface area contributed by atoms with Crippen molar-refractivity contribution >= 4 is 11.0 Å². The molecule has 0 saturated carbocycles. The zero-order valence-corrected chi connectivity index (χ0v) is 11.5. The lowest BCUT2D eigenvalue weighted by molar-refractivity contribution is 0.919. The van der Waals surface area contributed by atoms with Crippen LogP contribution in [0.1, 0.15) is 0 Å². The third kappa shape index (κ3) is 1.90. The number of rotatable bonds is 2. The molecule has 0 aliphatic carbocycles. The molecule has 0 unspecified atom stereocenters. The number of H-pyrrole nitrogens is 1. The zero-order valence-electron chi connectivity index (χ0n) is 11.5. The number of hydrogen-bond acceptors (Lipinski definition) is 3. The van der Waals surface area contributed by atoms with Crippen LogP contribution in [0.25, 0.3) is 33.7 Å². The summed E-state index contributed by atoms with van der Waals surface area (Å²) in [7, 11) is 1.97. The lowest BCUT2D eigenvalue weighted by Gasteiger charge is -2.09. The third-order valence-corrected chi connectivity index (χ3v) is 3.54. The van der Waals surface area contributed by atoms with Gasteiger partial charge in [-0.3, -0.25) is 5.10 Å². The van der Waals surface area contributed by atoms with E-state index in [9.17, 15) is 0 Å². The van der Waals surface area contributed by atoms with E-state index in [1.54, 1.807) is 12.4 Å². The fourth-order valence-corrected chi connectivity index (χ4v) is 2.48. The van der Waals surface area contributed by atoms with Gasteiger partial charge in [-0.15, -0.1) is 0 Å². The van der Waals surface area contributed by atoms with Crippen molar-refractivity contribution < 1.29 is 0 Å². The maximum Gasteiger partial charge on any atom is 0.159 e. The summed E-state index contributed by atoms with van der Waals surface area (Å²) in [5.74, 6) is 0.838. The van der Waals surface area contributed by atoms with E-state index in [1.807, 2.05) is 36.0 Å². The molecular weight excluding hydrogens is 262 g/mol. The Morgan fingerprint density at radius 2 is 2.00 bits per heavy atom. The highest BCUT2D eigenvalue weighted by molar-refractivity contribution is 5.88. The van der Waals surface area contributed by atoms with Crippen molar-refractivity contribution in [1.82, 2.24) is 24.7 Å². The van der Waals surface area contributed by atoms with E-state index < -0.39 is 0 Å². The summed E-state index contributed by atoms with van der Waals surface area (Å²) in [6, 6.07) is 12.3. The number of aryl methyl sites for hydroxylation is 1. The van der Waals surface area contributed by atoms with E-state index in [2.05, 4.69) is 33.4 Å². The van der Waals surface area contributed by atoms with Crippen molar-refractivity contribution in [2.24, 2.45) is 7.05 Å². The Labute approximate surface area is 121 Å². The van der Waals surface area contributed by atoms with Crippen LogP contribution in [0, 0.1) is 0 Å². The Hall–Kier alpha value is -2.95. The number of aromatic amines is 1. The molecule has 0 fully saturated rings. The highest BCUT2D eigenvalue weighted by atomic mass is 15.1. The van der Waals surface area contributed by atoms with Crippen molar-refractivity contribution in [3.63, 3.8) is 0 Å². The van der Waals surface area contributed by atoms with E-state index in [-0.39, 0.29) is 0 Å². The first-order valence-corrected chi connectivity index (χ1v) is 6.70. The van der Waals surface area contributed by atoms with Crippen LogP contribution in [0.3, 0.4) is 0 Å². The second kappa shape index (κ2) is 4.56. The molecule has 5 nitrogen and oxygen atoms in total. The van der Waals surface area contributed by atoms with Crippen LogP contribution in [0.5, 0.6) is 0 Å². The minimum absolute atomic E-state index is 0.771. The molecule has 0 atom stereocenters. The minimum Gasteiger partial charge on any atom is -0.333 e. The molecule has 4 aromatic rings. The molecule has 1 N–H and O–H groups in total. The Morgan fingerprint density at radius 3 is 2.76 bits per heavy atom. The normalized spacial score (nSPS) is 11.1. The van der Waals surface area contributed by atoms with Crippen LogP contribution in [-0.2, 0) is 7.05 Å². The van der Waals surface area contributed by atoms with Gasteiger partial charge >= 0.3 is 0 Å². The molecular formula is C16H13N5. The summed E-state index contributed by atoms with van der Waals surface area (Å²) in [5.41, 5.74) is 3.79. The quantitative estimate of drug-likeness (QED) is 0.611. The number of pyridine rings is 1. The fourth-order valence-electron chi connectivity index (χ4n) is 2.48. The van der Waals surface area contributed by atoms with Gasteiger partial charge in [-0.1, -0.05) is 30.3 Å². The molecule has 21 heavy (non-hydrogen) atoms. The first-order valence-electron chi connectivity index (χ1n) is 6.70. The van der Waals surface area contributed by atoms with E-state index >= 15 is 0 Å². The van der Waals surface area contributed by atoms with Gasteiger partial charge in [0.05, 0.1) is 6.20 Å². The summed E-state index contributed by atoms with van der Waals surface area (Å²) >= 11 is 0. The standard InChI is InChI=1S/C16H13N5/c1-21-8-7-17-16(21)14-13(11-5-3-2-4-6-11)9-12-10-18-20-15(12)19-14/h2-10H,1H3,(H,18,19,20). The second-order valence-electron chi connectivity index (χ2n) is 4.92. The lowest BCUT2D eigenvalue weighted by Crippen LogP contribution is -1.97. The average Bonchev–Trinajstić information content (AvgIpc) is 3.14. The highest BCUT2D eigenvalue weighted by Gasteiger charge is 2.15. The van der Waals surface area contributed by atoms with Crippen LogP contribution in [0.15, 0.2) is 55.0 Å². The van der Waals surface area contributed by atoms with Crippen molar-refractivity contribution in [1.29, 1.82) is 0 Å². The molecule has 0 saturated heterocycles. The highest BCUT2D eigenvalue weighted by Crippen LogP contribution is 2.31. The van der Waals surface area contributed by atoms with Gasteiger partial charge in [0.1, 0.15) is 5.69 Å². The summed E-state index contributed by atoms with van der Waals surface area (Å²) in [6.07, 6.45) is 5.49. The van der Waals surface area contributed by atoms with E-state index in [4.69, 9.17) is 4.98 Å². The lowest BCUT2D eigenvalue weighted by atomic mass is 10.0. The van der Waals surface area contributed by atoms with Crippen molar-refractivity contribution in [3.05, 3.63) is 55.0 Å². The van der Waals surface area contributed by atoms with Crippen molar-refractivity contribution in [3.8, 4) is 22.6 Å². The zero-order chi connectivity index (χ0) is 14.2. The molecule has 3 heterocycles. The molecule has 3 aromatic heterocycles. The van der Waals surface area contributed by atoms with Gasteiger partial charge in [-0.2, -0.15) is 5.10 Å². The smallest absolute Gasteiger partial charge is 0.159 e. The third-order valence-electron chi connectivity index (χ3n) is 3.54. The first kappa shape index (κ1) is 11.8. The molecule has 0 amide bonds. The average molecular weight is 275 g/mol. The number of imidazole rings is 1. The molecule has 4 rings (SSSR count). The number of fused-ring (bicyclic) bond motifs is 1. The molecule has 0 bridgehead atoms. The Kier molecular flexibility index (Phi) is 2.57. The van der Waals surface area contributed by atoms with Crippen molar-refractivity contribution in [2.45, 2.75) is 0 Å². The van der Waals surface area contributed by atoms with Crippen LogP contribution in [0.2, 0.25) is 0 Å². The number of nitrogens with one attached hydrogen (secondary N) is 1. The van der Waals surface area contributed by atoms with Crippen LogP contribution in [-0.4, -0.2) is 24.7 Å². The van der Waals surface area contributed by atoms with Gasteiger partial charge in [-0.25, -0.2) is 9.97 Å². The predicted octanol–water partition coefficient (Wildman–Crippen LogP) is 3.03. The topological polar surface area (TPSA) is 59.4 Å². The maximum atomic E-state index is 4.71. The van der Waals surface area contributed by atoms with Gasteiger partial charge in [0.2, 0.25) is 0 Å². The Morgan fingerprint density at radius 1 is 1.14 bits per heavy atom. The summed E-state index contributed by atoms with van der Waals surface area (Å²) in [6.45, 7) is 0. The monoisotopic (exact) mass is 275 g/mol. The van der Waals surface area contributed by atoms with Gasteiger partial charge in [0, 0.05) is 30.4 Å². The van der Waals surface area contributed by atoms with E-state index in [0.717, 1.165) is 33.7 Å². The molecule has 102 valence electrons. The van der Waals surface area contributed by atoms with E-state index in [0.29, 0.717) is 0 Å². The van der Waals surface area contributed by atoms with Crippen LogP contribution >= 0.6 is 0 Å². The van der Waals surface area contributed by atoms with Gasteiger partial charge < -0.3 is 4.57 Å². The molecule has 0 spiro atoms. The summed E-state index contributed by atoms with van der Waals surface area (Å²) < 4.78 is 1.97. The van der Waals surface area contributed by atoms with E-state index in [1.165, 1.54) is 0 Å². The first-order chi connectivity index (χ1) is 10.3. The van der Waals surface area contributed by atoms with Crippen LogP contribution in [0.4, 0.5) is 0 Å². The molecule has 0 aliphatic heterocycles. The second-order valence-corrected chi connectivity index (χ2v) is 4.92. The number of hydrogen-bond donors (Lipinski definition) is 1. The van der Waals surface area contributed by atoms with Crippen LogP contribution < -0.4 is 0 Å². The SMILES string of the molecule is Cn1ccnc1-c1nc2[nH]ncc2cc1-c1ccccc1. The minimum atomic E-state index is 0.771. The molecule has 1 aromatic carbocycles. The van der Waals surface area contributed by atoms with Gasteiger partial charge in [0.25, 0.3) is 0 Å². The predicted molar refractivity (Wildman–Crippen MR) is 81.5 cm³/mol. The molecule has 5 heteroatoms. The number of aromatic nitrogens is 5. The Balaban J connectivity index is 2.05. The van der Waals surface area contributed by atoms with Gasteiger partial charge in [-0.05, 0) is 11.6 Å². The summed E-state index contributed by atoms with van der Waals surface area (Å²) in [5, 5.41) is 7.98. The largest absolute Gasteiger partial charge is 0.333 e. The molecule has 0 aliphatic rings. The Bertz CT molecular complexity index is 905. The molecule has 0 radical (unpaired) electrons. The maximum absolute atomic E-state index is 4.71. The van der Waals surface area contributed by atoms with Gasteiger partial charge in [0.15, 0.2) is 11.5 Å². The van der Waals surface area contributed by atoms with Crippen molar-refractivity contribution in [2.75, 3.05) is 0 Å².